The van der Waals surface area contributed by atoms with Crippen molar-refractivity contribution in [3.63, 3.8) is 0 Å². The summed E-state index contributed by atoms with van der Waals surface area (Å²) in [5.74, 6) is 0. The van der Waals surface area contributed by atoms with Crippen molar-refractivity contribution in [3.8, 4) is 0 Å². The molecule has 1 atom stereocenters. The molecule has 0 aromatic heterocycles. The Morgan fingerprint density at radius 1 is 1.31 bits per heavy atom. The first-order chi connectivity index (χ1) is 7.68. The summed E-state index contributed by atoms with van der Waals surface area (Å²) < 4.78 is 0. The Morgan fingerprint density at radius 2 is 2.12 bits per heavy atom. The number of aryl methyl sites for hydroxylation is 1. The van der Waals surface area contributed by atoms with Crippen LogP contribution in [0.5, 0.6) is 0 Å². The Bertz CT molecular complexity index is 446. The Labute approximate surface area is 96.6 Å². The number of anilines is 1. The first-order valence-electron chi connectivity index (χ1n) is 5.59. The average Bonchev–Trinajstić information content (AvgIpc) is 2.33. The zero-order valence-electron chi connectivity index (χ0n) is 9.61. The molecule has 0 heterocycles. The van der Waals surface area contributed by atoms with E-state index in [0.717, 1.165) is 17.7 Å². The lowest BCUT2D eigenvalue weighted by atomic mass is 9.74. The minimum absolute atomic E-state index is 0.120. The molecule has 0 amide bonds. The van der Waals surface area contributed by atoms with Crippen molar-refractivity contribution in [1.29, 1.82) is 0 Å². The summed E-state index contributed by atoms with van der Waals surface area (Å²) in [6.45, 7) is 2.66. The molecule has 0 aliphatic heterocycles. The lowest BCUT2D eigenvalue weighted by Crippen LogP contribution is -2.34. The molecule has 4 N–H and O–H groups in total. The van der Waals surface area contributed by atoms with Crippen molar-refractivity contribution in [2.45, 2.75) is 18.8 Å². The second kappa shape index (κ2) is 4.14. The highest BCUT2D eigenvalue weighted by Crippen LogP contribution is 2.35. The van der Waals surface area contributed by atoms with Gasteiger partial charge in [0.1, 0.15) is 0 Å². The van der Waals surface area contributed by atoms with Crippen LogP contribution in [0, 0.1) is 6.92 Å². The first kappa shape index (κ1) is 11.0. The molecule has 1 aromatic carbocycles. The van der Waals surface area contributed by atoms with Gasteiger partial charge in [0, 0.05) is 17.6 Å². The van der Waals surface area contributed by atoms with Crippen LogP contribution < -0.4 is 11.5 Å². The van der Waals surface area contributed by atoms with E-state index in [0.29, 0.717) is 6.54 Å². The van der Waals surface area contributed by atoms with E-state index in [1.54, 1.807) is 0 Å². The van der Waals surface area contributed by atoms with Crippen molar-refractivity contribution in [2.24, 2.45) is 5.73 Å². The van der Waals surface area contributed by atoms with E-state index >= 15 is 0 Å². The number of rotatable bonds is 2. The lowest BCUT2D eigenvalue weighted by molar-refractivity contribution is 0.551. The second-order valence-corrected chi connectivity index (χ2v) is 4.44. The van der Waals surface area contributed by atoms with Gasteiger partial charge in [0.15, 0.2) is 0 Å². The smallest absolute Gasteiger partial charge is 0.0356 e. The summed E-state index contributed by atoms with van der Waals surface area (Å²) in [5, 5.41) is 0. The maximum Gasteiger partial charge on any atom is 0.0356 e. The van der Waals surface area contributed by atoms with Crippen LogP contribution >= 0.6 is 0 Å². The van der Waals surface area contributed by atoms with Crippen molar-refractivity contribution in [1.82, 2.24) is 0 Å². The molecule has 2 rings (SSSR count). The molecule has 1 unspecified atom stereocenters. The normalized spacial score (nSPS) is 23.6. The highest BCUT2D eigenvalue weighted by atomic mass is 14.6. The zero-order chi connectivity index (χ0) is 11.6. The second-order valence-electron chi connectivity index (χ2n) is 4.44. The van der Waals surface area contributed by atoms with Crippen molar-refractivity contribution in [3.05, 3.63) is 53.6 Å². The van der Waals surface area contributed by atoms with Crippen molar-refractivity contribution < 1.29 is 0 Å². The third-order valence-corrected chi connectivity index (χ3v) is 3.25. The summed E-state index contributed by atoms with van der Waals surface area (Å²) in [4.78, 5) is 0. The van der Waals surface area contributed by atoms with E-state index in [9.17, 15) is 0 Å². The SMILES string of the molecule is Cc1ccc(N)c(C2(CN)C=CC=CC2)c1. The fourth-order valence-electron chi connectivity index (χ4n) is 2.23. The van der Waals surface area contributed by atoms with Gasteiger partial charge in [-0.2, -0.15) is 0 Å². The molecule has 0 saturated carbocycles. The zero-order valence-corrected chi connectivity index (χ0v) is 9.61. The van der Waals surface area contributed by atoms with Crippen LogP contribution in [0.25, 0.3) is 0 Å². The molecular formula is C14H18N2. The fourth-order valence-corrected chi connectivity index (χ4v) is 2.23. The standard InChI is InChI=1S/C14H18N2/c1-11-5-6-13(16)12(9-11)14(10-15)7-3-2-4-8-14/h2-7,9H,8,10,15-16H2,1H3. The van der Waals surface area contributed by atoms with Gasteiger partial charge >= 0.3 is 0 Å². The fraction of sp³-hybridized carbons (Fsp3) is 0.286. The van der Waals surface area contributed by atoms with Gasteiger partial charge in [-0.15, -0.1) is 0 Å². The number of nitrogen functional groups attached to an aromatic ring is 1. The molecule has 16 heavy (non-hydrogen) atoms. The maximum absolute atomic E-state index is 6.07. The largest absolute Gasteiger partial charge is 0.398 e. The van der Waals surface area contributed by atoms with Gasteiger partial charge in [-0.3, -0.25) is 0 Å². The molecule has 0 spiro atoms. The summed E-state index contributed by atoms with van der Waals surface area (Å²) in [6.07, 6.45) is 9.35. The summed E-state index contributed by atoms with van der Waals surface area (Å²) in [6, 6.07) is 6.14. The Morgan fingerprint density at radius 3 is 2.75 bits per heavy atom. The third-order valence-electron chi connectivity index (χ3n) is 3.25. The quantitative estimate of drug-likeness (QED) is 0.742. The van der Waals surface area contributed by atoms with Crippen LogP contribution in [0.15, 0.2) is 42.5 Å². The van der Waals surface area contributed by atoms with E-state index in [1.165, 1.54) is 5.56 Å². The summed E-state index contributed by atoms with van der Waals surface area (Å²) in [5.41, 5.74) is 15.1. The van der Waals surface area contributed by atoms with Gasteiger partial charge in [-0.25, -0.2) is 0 Å². The van der Waals surface area contributed by atoms with Gasteiger partial charge in [-0.05, 0) is 25.0 Å². The maximum atomic E-state index is 6.07. The van der Waals surface area contributed by atoms with Crippen molar-refractivity contribution >= 4 is 5.69 Å². The first-order valence-corrected chi connectivity index (χ1v) is 5.59. The Hall–Kier alpha value is -1.54. The molecule has 2 heteroatoms. The third kappa shape index (κ3) is 1.76. The van der Waals surface area contributed by atoms with Crippen LogP contribution in [0.3, 0.4) is 0 Å². The number of nitrogens with two attached hydrogens (primary N) is 2. The molecule has 1 aliphatic carbocycles. The van der Waals surface area contributed by atoms with Gasteiger partial charge in [0.05, 0.1) is 0 Å². The van der Waals surface area contributed by atoms with Crippen molar-refractivity contribution in [2.75, 3.05) is 12.3 Å². The van der Waals surface area contributed by atoms with Crippen LogP contribution in [-0.2, 0) is 5.41 Å². The summed E-state index contributed by atoms with van der Waals surface area (Å²) >= 11 is 0. The highest BCUT2D eigenvalue weighted by Gasteiger charge is 2.29. The van der Waals surface area contributed by atoms with E-state index in [-0.39, 0.29) is 5.41 Å². The van der Waals surface area contributed by atoms with E-state index < -0.39 is 0 Å². The van der Waals surface area contributed by atoms with Gasteiger partial charge in [0.2, 0.25) is 0 Å². The average molecular weight is 214 g/mol. The predicted molar refractivity (Wildman–Crippen MR) is 69.2 cm³/mol. The molecule has 0 bridgehead atoms. The molecule has 1 aromatic rings. The van der Waals surface area contributed by atoms with Crippen LogP contribution in [0.4, 0.5) is 5.69 Å². The van der Waals surface area contributed by atoms with Gasteiger partial charge < -0.3 is 11.5 Å². The number of hydrogen-bond donors (Lipinski definition) is 2. The van der Waals surface area contributed by atoms with Crippen LogP contribution in [-0.4, -0.2) is 6.54 Å². The van der Waals surface area contributed by atoms with Gasteiger partial charge in [-0.1, -0.05) is 42.0 Å². The molecule has 84 valence electrons. The number of benzene rings is 1. The summed E-state index contributed by atoms with van der Waals surface area (Å²) in [7, 11) is 0. The number of hydrogen-bond acceptors (Lipinski definition) is 2. The van der Waals surface area contributed by atoms with Crippen LogP contribution in [0.1, 0.15) is 17.5 Å². The van der Waals surface area contributed by atoms with Crippen LogP contribution in [0.2, 0.25) is 0 Å². The molecule has 0 saturated heterocycles. The Kier molecular flexibility index (Phi) is 2.84. The van der Waals surface area contributed by atoms with Gasteiger partial charge in [0.25, 0.3) is 0 Å². The lowest BCUT2D eigenvalue weighted by Gasteiger charge is -2.31. The minimum Gasteiger partial charge on any atom is -0.398 e. The monoisotopic (exact) mass is 214 g/mol. The molecule has 0 fully saturated rings. The predicted octanol–water partition coefficient (Wildman–Crippen LogP) is 2.29. The molecule has 0 radical (unpaired) electrons. The number of allylic oxidation sites excluding steroid dienone is 3. The van der Waals surface area contributed by atoms with E-state index in [4.69, 9.17) is 11.5 Å². The van der Waals surface area contributed by atoms with E-state index in [2.05, 4.69) is 37.3 Å². The molecule has 2 nitrogen and oxygen atoms in total. The molecule has 1 aliphatic rings. The topological polar surface area (TPSA) is 52.0 Å². The molecular weight excluding hydrogens is 196 g/mol. The highest BCUT2D eigenvalue weighted by molar-refractivity contribution is 5.55. The Balaban J connectivity index is 2.52. The minimum atomic E-state index is -0.120. The van der Waals surface area contributed by atoms with E-state index in [1.807, 2.05) is 12.1 Å².